The summed E-state index contributed by atoms with van der Waals surface area (Å²) in [5, 5.41) is 14.4. The molecule has 0 atom stereocenters. The van der Waals surface area contributed by atoms with Crippen LogP contribution in [0.4, 0.5) is 24.5 Å². The van der Waals surface area contributed by atoms with Crippen molar-refractivity contribution in [1.29, 1.82) is 5.26 Å². The molecule has 0 aliphatic rings. The van der Waals surface area contributed by atoms with Gasteiger partial charge in [0, 0.05) is 11.4 Å². The lowest BCUT2D eigenvalue weighted by Crippen LogP contribution is -2.20. The standard InChI is InChI=1S/C27H22F3N3O3/c1-17-9-10-23(11-18(17)2)32-25(34)16-36-24-8-3-5-19(13-24)12-20(15-31)26(35)33-22-7-4-6-21(14-22)27(28,29)30/h3-14H,16H2,1-2H3,(H,32,34)(H,33,35)/b20-12+. The fraction of sp³-hybridized carbons (Fsp3) is 0.148. The lowest BCUT2D eigenvalue weighted by Gasteiger charge is -2.10. The average molecular weight is 493 g/mol. The molecular formula is C27H22F3N3O3. The summed E-state index contributed by atoms with van der Waals surface area (Å²) in [6.45, 7) is 3.65. The largest absolute Gasteiger partial charge is 0.484 e. The molecule has 9 heteroatoms. The molecule has 0 radical (unpaired) electrons. The number of carbonyl (C=O) groups is 2. The number of ether oxygens (including phenoxy) is 1. The Hall–Kier alpha value is -4.58. The number of nitrogens with zero attached hydrogens (tertiary/aromatic N) is 1. The zero-order chi connectivity index (χ0) is 26.3. The number of hydrogen-bond donors (Lipinski definition) is 2. The van der Waals surface area contributed by atoms with Crippen LogP contribution in [-0.2, 0) is 15.8 Å². The molecule has 3 rings (SSSR count). The van der Waals surface area contributed by atoms with E-state index < -0.39 is 17.6 Å². The summed E-state index contributed by atoms with van der Waals surface area (Å²) in [6, 6.07) is 17.8. The van der Waals surface area contributed by atoms with Crippen LogP contribution in [0.2, 0.25) is 0 Å². The van der Waals surface area contributed by atoms with E-state index in [0.717, 1.165) is 29.3 Å². The molecular weight excluding hydrogens is 471 g/mol. The number of carbonyl (C=O) groups excluding carboxylic acids is 2. The Kier molecular flexibility index (Phi) is 8.12. The molecule has 0 spiro atoms. The fourth-order valence-electron chi connectivity index (χ4n) is 3.15. The van der Waals surface area contributed by atoms with E-state index in [1.165, 1.54) is 18.2 Å². The van der Waals surface area contributed by atoms with Crippen LogP contribution < -0.4 is 15.4 Å². The Morgan fingerprint density at radius 3 is 2.36 bits per heavy atom. The highest BCUT2D eigenvalue weighted by molar-refractivity contribution is 6.09. The normalized spacial score (nSPS) is 11.4. The van der Waals surface area contributed by atoms with Crippen LogP contribution >= 0.6 is 0 Å². The van der Waals surface area contributed by atoms with Gasteiger partial charge in [-0.2, -0.15) is 18.4 Å². The van der Waals surface area contributed by atoms with Crippen LogP contribution in [0.3, 0.4) is 0 Å². The number of halogens is 3. The van der Waals surface area contributed by atoms with Gasteiger partial charge in [0.15, 0.2) is 6.61 Å². The first-order valence-electron chi connectivity index (χ1n) is 10.8. The third-order valence-corrected chi connectivity index (χ3v) is 5.14. The molecule has 0 saturated heterocycles. The summed E-state index contributed by atoms with van der Waals surface area (Å²) in [6.07, 6.45) is -3.30. The van der Waals surface area contributed by atoms with E-state index in [-0.39, 0.29) is 23.8 Å². The van der Waals surface area contributed by atoms with Crippen molar-refractivity contribution in [3.63, 3.8) is 0 Å². The molecule has 0 aliphatic carbocycles. The Labute approximate surface area is 206 Å². The van der Waals surface area contributed by atoms with E-state index in [1.807, 2.05) is 26.0 Å². The van der Waals surface area contributed by atoms with Gasteiger partial charge in [-0.15, -0.1) is 0 Å². The molecule has 2 N–H and O–H groups in total. The Bertz CT molecular complexity index is 1360. The highest BCUT2D eigenvalue weighted by atomic mass is 19.4. The van der Waals surface area contributed by atoms with Gasteiger partial charge in [-0.1, -0.05) is 24.3 Å². The summed E-state index contributed by atoms with van der Waals surface area (Å²) in [4.78, 5) is 24.7. The van der Waals surface area contributed by atoms with E-state index in [0.29, 0.717) is 17.0 Å². The molecule has 3 aromatic carbocycles. The SMILES string of the molecule is Cc1ccc(NC(=O)COc2cccc(/C=C(\C#N)C(=O)Nc3cccc(C(F)(F)F)c3)c2)cc1C. The second-order valence-electron chi connectivity index (χ2n) is 7.91. The summed E-state index contributed by atoms with van der Waals surface area (Å²) < 4.78 is 44.2. The van der Waals surface area contributed by atoms with Crippen LogP contribution in [0.15, 0.2) is 72.3 Å². The van der Waals surface area contributed by atoms with Crippen LogP contribution in [0.1, 0.15) is 22.3 Å². The van der Waals surface area contributed by atoms with Gasteiger partial charge >= 0.3 is 6.18 Å². The molecule has 0 heterocycles. The van der Waals surface area contributed by atoms with Gasteiger partial charge in [0.25, 0.3) is 11.8 Å². The summed E-state index contributed by atoms with van der Waals surface area (Å²) in [5.74, 6) is -0.900. The van der Waals surface area contributed by atoms with Crippen molar-refractivity contribution in [3.8, 4) is 11.8 Å². The summed E-state index contributed by atoms with van der Waals surface area (Å²) in [7, 11) is 0. The minimum Gasteiger partial charge on any atom is -0.484 e. The third-order valence-electron chi connectivity index (χ3n) is 5.14. The minimum atomic E-state index is -4.56. The fourth-order valence-corrected chi connectivity index (χ4v) is 3.15. The van der Waals surface area contributed by atoms with Crippen molar-refractivity contribution in [2.24, 2.45) is 0 Å². The highest BCUT2D eigenvalue weighted by Crippen LogP contribution is 2.30. The predicted octanol–water partition coefficient (Wildman–Crippen LogP) is 5.89. The Morgan fingerprint density at radius 2 is 1.67 bits per heavy atom. The van der Waals surface area contributed by atoms with Crippen molar-refractivity contribution in [3.05, 3.63) is 94.6 Å². The number of aryl methyl sites for hydroxylation is 2. The number of nitriles is 1. The van der Waals surface area contributed by atoms with Crippen LogP contribution in [0.5, 0.6) is 5.75 Å². The topological polar surface area (TPSA) is 91.2 Å². The quantitative estimate of drug-likeness (QED) is 0.317. The van der Waals surface area contributed by atoms with Gasteiger partial charge in [0.1, 0.15) is 17.4 Å². The first-order valence-corrected chi connectivity index (χ1v) is 10.8. The van der Waals surface area contributed by atoms with E-state index >= 15 is 0 Å². The Morgan fingerprint density at radius 1 is 0.944 bits per heavy atom. The number of anilines is 2. The van der Waals surface area contributed by atoms with Crippen LogP contribution in [0, 0.1) is 25.2 Å². The molecule has 0 aromatic heterocycles. The molecule has 0 aliphatic heterocycles. The maximum absolute atomic E-state index is 12.9. The zero-order valence-electron chi connectivity index (χ0n) is 19.4. The van der Waals surface area contributed by atoms with E-state index in [1.54, 1.807) is 30.3 Å². The molecule has 2 amide bonds. The van der Waals surface area contributed by atoms with Crippen molar-refractivity contribution in [1.82, 2.24) is 0 Å². The van der Waals surface area contributed by atoms with E-state index in [9.17, 15) is 28.0 Å². The first-order chi connectivity index (χ1) is 17.0. The number of nitrogens with one attached hydrogen (secondary N) is 2. The molecule has 36 heavy (non-hydrogen) atoms. The van der Waals surface area contributed by atoms with Crippen molar-refractivity contribution in [2.75, 3.05) is 17.2 Å². The van der Waals surface area contributed by atoms with Gasteiger partial charge in [0.05, 0.1) is 5.56 Å². The highest BCUT2D eigenvalue weighted by Gasteiger charge is 2.30. The number of rotatable bonds is 7. The van der Waals surface area contributed by atoms with Crippen molar-refractivity contribution in [2.45, 2.75) is 20.0 Å². The monoisotopic (exact) mass is 493 g/mol. The number of alkyl halides is 3. The third kappa shape index (κ3) is 7.21. The molecule has 0 saturated carbocycles. The van der Waals surface area contributed by atoms with E-state index in [2.05, 4.69) is 10.6 Å². The van der Waals surface area contributed by atoms with E-state index in [4.69, 9.17) is 4.74 Å². The van der Waals surface area contributed by atoms with Crippen molar-refractivity contribution < 1.29 is 27.5 Å². The second kappa shape index (κ2) is 11.2. The molecule has 6 nitrogen and oxygen atoms in total. The summed E-state index contributed by atoms with van der Waals surface area (Å²) in [5.41, 5.74) is 1.88. The maximum Gasteiger partial charge on any atom is 0.416 e. The van der Waals surface area contributed by atoms with Gasteiger partial charge in [-0.25, -0.2) is 0 Å². The molecule has 3 aromatic rings. The molecule has 184 valence electrons. The van der Waals surface area contributed by atoms with Gasteiger partial charge in [-0.3, -0.25) is 9.59 Å². The van der Waals surface area contributed by atoms with Gasteiger partial charge in [0.2, 0.25) is 0 Å². The second-order valence-corrected chi connectivity index (χ2v) is 7.91. The molecule has 0 fully saturated rings. The smallest absolute Gasteiger partial charge is 0.416 e. The zero-order valence-corrected chi connectivity index (χ0v) is 19.4. The lowest BCUT2D eigenvalue weighted by atomic mass is 10.1. The predicted molar refractivity (Wildman–Crippen MR) is 130 cm³/mol. The lowest BCUT2D eigenvalue weighted by molar-refractivity contribution is -0.137. The number of hydrogen-bond acceptors (Lipinski definition) is 4. The summed E-state index contributed by atoms with van der Waals surface area (Å²) >= 11 is 0. The first kappa shape index (κ1) is 26.0. The van der Waals surface area contributed by atoms with Crippen LogP contribution in [-0.4, -0.2) is 18.4 Å². The van der Waals surface area contributed by atoms with Gasteiger partial charge in [-0.05, 0) is 79.1 Å². The Balaban J connectivity index is 1.65. The van der Waals surface area contributed by atoms with Crippen LogP contribution in [0.25, 0.3) is 6.08 Å². The average Bonchev–Trinajstić information content (AvgIpc) is 2.83. The molecule has 0 bridgehead atoms. The number of benzene rings is 3. The number of amides is 2. The van der Waals surface area contributed by atoms with Gasteiger partial charge < -0.3 is 15.4 Å². The molecule has 0 unspecified atom stereocenters. The maximum atomic E-state index is 12.9. The minimum absolute atomic E-state index is 0.0946. The van der Waals surface area contributed by atoms with Crippen molar-refractivity contribution >= 4 is 29.3 Å².